The Morgan fingerprint density at radius 1 is 1.53 bits per heavy atom. The summed E-state index contributed by atoms with van der Waals surface area (Å²) in [5.74, 6) is 0.212. The highest BCUT2D eigenvalue weighted by atomic mass is 35.5. The van der Waals surface area contributed by atoms with Gasteiger partial charge in [0.1, 0.15) is 0 Å². The van der Waals surface area contributed by atoms with Gasteiger partial charge in [0.25, 0.3) is 0 Å². The van der Waals surface area contributed by atoms with E-state index in [-0.39, 0.29) is 30.3 Å². The Labute approximate surface area is 97.5 Å². The van der Waals surface area contributed by atoms with Gasteiger partial charge in [0, 0.05) is 26.7 Å². The van der Waals surface area contributed by atoms with E-state index in [0.29, 0.717) is 13.2 Å². The second-order valence-corrected chi connectivity index (χ2v) is 3.95. The van der Waals surface area contributed by atoms with Crippen LogP contribution in [-0.4, -0.2) is 44.2 Å². The van der Waals surface area contributed by atoms with Crippen molar-refractivity contribution in [2.75, 3.05) is 27.3 Å². The van der Waals surface area contributed by atoms with Crippen LogP contribution in [0.3, 0.4) is 0 Å². The number of ether oxygens (including phenoxy) is 1. The van der Waals surface area contributed by atoms with E-state index in [4.69, 9.17) is 10.5 Å². The van der Waals surface area contributed by atoms with Gasteiger partial charge in [-0.05, 0) is 12.8 Å². The average Bonchev–Trinajstić information content (AvgIpc) is 2.59. The van der Waals surface area contributed by atoms with Crippen LogP contribution < -0.4 is 5.73 Å². The Balaban J connectivity index is 0.00000196. The second-order valence-electron chi connectivity index (χ2n) is 3.95. The van der Waals surface area contributed by atoms with Crippen molar-refractivity contribution >= 4 is 18.3 Å². The summed E-state index contributed by atoms with van der Waals surface area (Å²) in [6.45, 7) is 1.24. The number of likely N-dealkylation sites (N-methyl/N-ethyl adjacent to an activating group) is 1. The fourth-order valence-electron chi connectivity index (χ4n) is 1.92. The van der Waals surface area contributed by atoms with Crippen molar-refractivity contribution in [2.45, 2.75) is 25.3 Å². The van der Waals surface area contributed by atoms with Gasteiger partial charge in [-0.15, -0.1) is 12.4 Å². The Kier molecular flexibility index (Phi) is 6.89. The normalized spacial score (nSPS) is 24.7. The van der Waals surface area contributed by atoms with Gasteiger partial charge < -0.3 is 15.4 Å². The standard InChI is InChI=1S/C10H20N2O2.ClH/c1-12(6-7-14-2)10(13)8-4-3-5-9(8)11;/h8-9H,3-7,11H2,1-2H3;1H. The molecular weight excluding hydrogens is 216 g/mol. The molecule has 5 heteroatoms. The smallest absolute Gasteiger partial charge is 0.227 e. The minimum Gasteiger partial charge on any atom is -0.383 e. The highest BCUT2D eigenvalue weighted by Crippen LogP contribution is 2.25. The van der Waals surface area contributed by atoms with Gasteiger partial charge in [0.15, 0.2) is 0 Å². The Morgan fingerprint density at radius 2 is 2.20 bits per heavy atom. The summed E-state index contributed by atoms with van der Waals surface area (Å²) in [5, 5.41) is 0. The van der Waals surface area contributed by atoms with Crippen LogP contribution in [-0.2, 0) is 9.53 Å². The van der Waals surface area contributed by atoms with Gasteiger partial charge in [-0.1, -0.05) is 6.42 Å². The fraction of sp³-hybridized carbons (Fsp3) is 0.900. The molecule has 1 fully saturated rings. The van der Waals surface area contributed by atoms with Crippen LogP contribution in [0.15, 0.2) is 0 Å². The van der Waals surface area contributed by atoms with E-state index in [9.17, 15) is 4.79 Å². The predicted octanol–water partition coefficient (Wildman–Crippen LogP) is 0.640. The van der Waals surface area contributed by atoms with Crippen LogP contribution in [0.2, 0.25) is 0 Å². The van der Waals surface area contributed by atoms with Gasteiger partial charge in [0.2, 0.25) is 5.91 Å². The summed E-state index contributed by atoms with van der Waals surface area (Å²) < 4.78 is 4.93. The molecule has 1 amide bonds. The molecule has 2 N–H and O–H groups in total. The number of nitrogens with two attached hydrogens (primary N) is 1. The van der Waals surface area contributed by atoms with Crippen molar-refractivity contribution in [2.24, 2.45) is 11.7 Å². The maximum Gasteiger partial charge on any atom is 0.227 e. The third kappa shape index (κ3) is 3.97. The number of rotatable bonds is 4. The molecule has 1 rings (SSSR count). The first-order valence-corrected chi connectivity index (χ1v) is 5.16. The molecule has 0 heterocycles. The first-order valence-electron chi connectivity index (χ1n) is 5.16. The highest BCUT2D eigenvalue weighted by Gasteiger charge is 2.31. The summed E-state index contributed by atoms with van der Waals surface area (Å²) in [5.41, 5.74) is 5.87. The van der Waals surface area contributed by atoms with Crippen LogP contribution in [0.25, 0.3) is 0 Å². The number of carbonyl (C=O) groups excluding carboxylic acids is 1. The van der Waals surface area contributed by atoms with Gasteiger partial charge in [0.05, 0.1) is 12.5 Å². The molecule has 90 valence electrons. The number of amides is 1. The summed E-state index contributed by atoms with van der Waals surface area (Å²) in [6, 6.07) is 0.0625. The Bertz CT molecular complexity index is 202. The van der Waals surface area contributed by atoms with E-state index < -0.39 is 0 Å². The molecule has 0 radical (unpaired) electrons. The lowest BCUT2D eigenvalue weighted by atomic mass is 10.0. The van der Waals surface area contributed by atoms with E-state index in [0.717, 1.165) is 19.3 Å². The Morgan fingerprint density at radius 3 is 2.67 bits per heavy atom. The highest BCUT2D eigenvalue weighted by molar-refractivity contribution is 5.85. The summed E-state index contributed by atoms with van der Waals surface area (Å²) in [7, 11) is 3.45. The molecule has 15 heavy (non-hydrogen) atoms. The maximum absolute atomic E-state index is 11.9. The number of nitrogens with zero attached hydrogens (tertiary/aromatic N) is 1. The maximum atomic E-state index is 11.9. The number of halogens is 1. The zero-order valence-electron chi connectivity index (χ0n) is 9.44. The number of carbonyl (C=O) groups is 1. The molecule has 1 saturated carbocycles. The van der Waals surface area contributed by atoms with E-state index in [1.165, 1.54) is 0 Å². The van der Waals surface area contributed by atoms with Crippen molar-refractivity contribution in [3.8, 4) is 0 Å². The summed E-state index contributed by atoms with van der Waals surface area (Å²) >= 11 is 0. The van der Waals surface area contributed by atoms with E-state index in [1.54, 1.807) is 12.0 Å². The van der Waals surface area contributed by atoms with Crippen molar-refractivity contribution in [1.82, 2.24) is 4.90 Å². The molecule has 2 unspecified atom stereocenters. The van der Waals surface area contributed by atoms with Crippen LogP contribution >= 0.6 is 12.4 Å². The molecule has 0 aromatic carbocycles. The molecule has 1 aliphatic rings. The summed E-state index contributed by atoms with van der Waals surface area (Å²) in [4.78, 5) is 13.6. The van der Waals surface area contributed by atoms with Crippen LogP contribution in [0, 0.1) is 5.92 Å². The molecule has 0 saturated heterocycles. The number of methoxy groups -OCH3 is 1. The van der Waals surface area contributed by atoms with Crippen LogP contribution in [0.1, 0.15) is 19.3 Å². The van der Waals surface area contributed by atoms with Gasteiger partial charge in [-0.25, -0.2) is 0 Å². The monoisotopic (exact) mass is 236 g/mol. The number of hydrogen-bond acceptors (Lipinski definition) is 3. The average molecular weight is 237 g/mol. The van der Waals surface area contributed by atoms with Crippen molar-refractivity contribution in [3.63, 3.8) is 0 Å². The lowest BCUT2D eigenvalue weighted by Crippen LogP contribution is -2.40. The van der Waals surface area contributed by atoms with Crippen LogP contribution in [0.5, 0.6) is 0 Å². The fourth-order valence-corrected chi connectivity index (χ4v) is 1.92. The topological polar surface area (TPSA) is 55.6 Å². The number of hydrogen-bond donors (Lipinski definition) is 1. The summed E-state index contributed by atoms with van der Waals surface area (Å²) in [6.07, 6.45) is 3.00. The first-order chi connectivity index (χ1) is 6.66. The van der Waals surface area contributed by atoms with Gasteiger partial charge >= 0.3 is 0 Å². The molecular formula is C10H21ClN2O2. The van der Waals surface area contributed by atoms with Gasteiger partial charge in [-0.3, -0.25) is 4.79 Å². The predicted molar refractivity (Wildman–Crippen MR) is 62.1 cm³/mol. The lowest BCUT2D eigenvalue weighted by molar-refractivity contribution is -0.134. The van der Waals surface area contributed by atoms with E-state index >= 15 is 0 Å². The molecule has 2 atom stereocenters. The third-order valence-electron chi connectivity index (χ3n) is 2.89. The minimum absolute atomic E-state index is 0. The van der Waals surface area contributed by atoms with Crippen molar-refractivity contribution < 1.29 is 9.53 Å². The minimum atomic E-state index is 0. The quantitative estimate of drug-likeness (QED) is 0.780. The van der Waals surface area contributed by atoms with Crippen molar-refractivity contribution in [3.05, 3.63) is 0 Å². The third-order valence-corrected chi connectivity index (χ3v) is 2.89. The molecule has 0 aromatic heterocycles. The Hall–Kier alpha value is -0.320. The van der Waals surface area contributed by atoms with Crippen LogP contribution in [0.4, 0.5) is 0 Å². The molecule has 0 aliphatic heterocycles. The molecule has 1 aliphatic carbocycles. The molecule has 4 nitrogen and oxygen atoms in total. The zero-order valence-corrected chi connectivity index (χ0v) is 10.3. The molecule has 0 bridgehead atoms. The molecule has 0 aromatic rings. The second kappa shape index (κ2) is 7.04. The molecule has 0 spiro atoms. The zero-order chi connectivity index (χ0) is 10.6. The van der Waals surface area contributed by atoms with Crippen molar-refractivity contribution in [1.29, 1.82) is 0 Å². The van der Waals surface area contributed by atoms with E-state index in [1.807, 2.05) is 7.05 Å². The van der Waals surface area contributed by atoms with E-state index in [2.05, 4.69) is 0 Å². The van der Waals surface area contributed by atoms with Gasteiger partial charge in [-0.2, -0.15) is 0 Å². The first kappa shape index (κ1) is 14.7. The SMILES string of the molecule is COCCN(C)C(=O)C1CCCC1N.Cl. The largest absolute Gasteiger partial charge is 0.383 e. The lowest BCUT2D eigenvalue weighted by Gasteiger charge is -2.22.